The first kappa shape index (κ1) is 18.6. The van der Waals surface area contributed by atoms with Gasteiger partial charge in [-0.15, -0.1) is 0 Å². The maximum absolute atomic E-state index is 13.0. The second-order valence-corrected chi connectivity index (χ2v) is 8.02. The molecule has 1 aliphatic carbocycles. The number of amides is 1. The Hall–Kier alpha value is -3.45. The minimum atomic E-state index is -0.275. The lowest BCUT2D eigenvalue weighted by Gasteiger charge is -2.06. The predicted octanol–water partition coefficient (Wildman–Crippen LogP) is 5.41. The van der Waals surface area contributed by atoms with Crippen molar-refractivity contribution in [2.75, 3.05) is 5.32 Å². The molecule has 0 saturated heterocycles. The van der Waals surface area contributed by atoms with E-state index in [1.165, 1.54) is 11.8 Å². The molecule has 30 heavy (non-hydrogen) atoms. The minimum Gasteiger partial charge on any atom is -0.440 e. The molecule has 1 saturated carbocycles. The summed E-state index contributed by atoms with van der Waals surface area (Å²) in [6, 6.07) is 18.9. The van der Waals surface area contributed by atoms with E-state index in [1.54, 1.807) is 18.5 Å². The van der Waals surface area contributed by atoms with Gasteiger partial charge in [-0.3, -0.25) is 4.79 Å². The van der Waals surface area contributed by atoms with Crippen LogP contribution in [0.25, 0.3) is 11.5 Å². The van der Waals surface area contributed by atoms with Crippen LogP contribution in [-0.4, -0.2) is 20.9 Å². The van der Waals surface area contributed by atoms with E-state index in [4.69, 9.17) is 4.42 Å². The molecule has 5 rings (SSSR count). The molecule has 1 aliphatic rings. The molecule has 3 heterocycles. The van der Waals surface area contributed by atoms with Gasteiger partial charge in [0.25, 0.3) is 5.91 Å². The standard InChI is InChI=1S/C23H18N4O2S/c28-22(26-17-11-13-25-19(14-17)30-18-8-4-5-12-24-18)20-21(15-9-10-15)29-23(27-20)16-6-2-1-3-7-16/h1-8,11-15H,9-10H2,(H,25,26,28). The van der Waals surface area contributed by atoms with E-state index in [0.717, 1.165) is 28.5 Å². The van der Waals surface area contributed by atoms with Crippen LogP contribution in [0.5, 0.6) is 0 Å². The van der Waals surface area contributed by atoms with E-state index in [2.05, 4.69) is 20.3 Å². The Morgan fingerprint density at radius 3 is 2.53 bits per heavy atom. The third kappa shape index (κ3) is 4.11. The summed E-state index contributed by atoms with van der Waals surface area (Å²) in [5, 5.41) is 4.53. The third-order valence-electron chi connectivity index (χ3n) is 4.68. The first-order valence-electron chi connectivity index (χ1n) is 9.69. The van der Waals surface area contributed by atoms with Crippen LogP contribution in [-0.2, 0) is 0 Å². The van der Waals surface area contributed by atoms with Gasteiger partial charge < -0.3 is 9.73 Å². The van der Waals surface area contributed by atoms with Crippen LogP contribution >= 0.6 is 11.8 Å². The van der Waals surface area contributed by atoms with Crippen molar-refractivity contribution in [2.45, 2.75) is 28.8 Å². The molecule has 148 valence electrons. The zero-order chi connectivity index (χ0) is 20.3. The van der Waals surface area contributed by atoms with Gasteiger partial charge in [0, 0.05) is 29.6 Å². The molecule has 0 bridgehead atoms. The largest absolute Gasteiger partial charge is 0.440 e. The van der Waals surface area contributed by atoms with E-state index in [-0.39, 0.29) is 11.8 Å². The van der Waals surface area contributed by atoms with Gasteiger partial charge in [0.15, 0.2) is 5.69 Å². The van der Waals surface area contributed by atoms with Crippen molar-refractivity contribution >= 4 is 23.4 Å². The molecule has 4 aromatic rings. The summed E-state index contributed by atoms with van der Waals surface area (Å²) in [6.07, 6.45) is 5.44. The lowest BCUT2D eigenvalue weighted by Crippen LogP contribution is -2.14. The zero-order valence-corrected chi connectivity index (χ0v) is 16.8. The summed E-state index contributed by atoms with van der Waals surface area (Å²) < 4.78 is 5.99. The number of oxazole rings is 1. The highest BCUT2D eigenvalue weighted by Gasteiger charge is 2.34. The number of rotatable bonds is 6. The Balaban J connectivity index is 1.38. The Bertz CT molecular complexity index is 1170. The van der Waals surface area contributed by atoms with Gasteiger partial charge >= 0.3 is 0 Å². The van der Waals surface area contributed by atoms with Crippen LogP contribution in [0.3, 0.4) is 0 Å². The summed E-state index contributed by atoms with van der Waals surface area (Å²) >= 11 is 1.44. The van der Waals surface area contributed by atoms with Gasteiger partial charge in [-0.1, -0.05) is 36.0 Å². The van der Waals surface area contributed by atoms with Crippen LogP contribution in [0.1, 0.15) is 35.0 Å². The Kier molecular flexibility index (Phi) is 5.03. The Morgan fingerprint density at radius 1 is 0.967 bits per heavy atom. The molecule has 0 radical (unpaired) electrons. The summed E-state index contributed by atoms with van der Waals surface area (Å²) in [5.41, 5.74) is 1.86. The summed E-state index contributed by atoms with van der Waals surface area (Å²) in [4.78, 5) is 26.2. The van der Waals surface area contributed by atoms with Gasteiger partial charge in [-0.05, 0) is 49.2 Å². The molecule has 3 aromatic heterocycles. The number of hydrogen-bond acceptors (Lipinski definition) is 6. The number of hydrogen-bond donors (Lipinski definition) is 1. The van der Waals surface area contributed by atoms with Crippen molar-refractivity contribution in [1.29, 1.82) is 0 Å². The number of aromatic nitrogens is 3. The van der Waals surface area contributed by atoms with E-state index in [0.29, 0.717) is 23.0 Å². The maximum Gasteiger partial charge on any atom is 0.277 e. The highest BCUT2D eigenvalue weighted by molar-refractivity contribution is 7.99. The lowest BCUT2D eigenvalue weighted by atomic mass is 10.2. The molecule has 0 unspecified atom stereocenters. The molecule has 0 aliphatic heterocycles. The van der Waals surface area contributed by atoms with Crippen molar-refractivity contribution in [1.82, 2.24) is 15.0 Å². The molecule has 1 amide bonds. The van der Waals surface area contributed by atoms with Crippen LogP contribution in [0.15, 0.2) is 87.5 Å². The smallest absolute Gasteiger partial charge is 0.277 e. The SMILES string of the molecule is O=C(Nc1ccnc(Sc2ccccn2)c1)c1nc(-c2ccccc2)oc1C1CC1. The monoisotopic (exact) mass is 414 g/mol. The van der Waals surface area contributed by atoms with Crippen LogP contribution in [0.4, 0.5) is 5.69 Å². The quantitative estimate of drug-likeness (QED) is 0.454. The molecule has 7 heteroatoms. The highest BCUT2D eigenvalue weighted by Crippen LogP contribution is 2.43. The van der Waals surface area contributed by atoms with Crippen molar-refractivity contribution in [3.05, 3.63) is 84.5 Å². The van der Waals surface area contributed by atoms with Crippen LogP contribution in [0.2, 0.25) is 0 Å². The summed E-state index contributed by atoms with van der Waals surface area (Å²) in [6.45, 7) is 0. The second-order valence-electron chi connectivity index (χ2n) is 6.98. The van der Waals surface area contributed by atoms with Crippen molar-refractivity contribution in [2.24, 2.45) is 0 Å². The topological polar surface area (TPSA) is 80.9 Å². The van der Waals surface area contributed by atoms with Crippen LogP contribution in [0, 0.1) is 0 Å². The van der Waals surface area contributed by atoms with Gasteiger partial charge in [0.1, 0.15) is 15.8 Å². The number of anilines is 1. The zero-order valence-electron chi connectivity index (χ0n) is 16.0. The molecular weight excluding hydrogens is 396 g/mol. The highest BCUT2D eigenvalue weighted by atomic mass is 32.2. The van der Waals surface area contributed by atoms with E-state index < -0.39 is 0 Å². The van der Waals surface area contributed by atoms with Gasteiger partial charge in [-0.2, -0.15) is 0 Å². The second kappa shape index (κ2) is 8.12. The average Bonchev–Trinajstić information content (AvgIpc) is 3.53. The molecule has 1 fully saturated rings. The lowest BCUT2D eigenvalue weighted by molar-refractivity contribution is 0.102. The minimum absolute atomic E-state index is 0.267. The van der Waals surface area contributed by atoms with E-state index in [1.807, 2.05) is 54.6 Å². The number of benzene rings is 1. The predicted molar refractivity (Wildman–Crippen MR) is 114 cm³/mol. The fourth-order valence-corrected chi connectivity index (χ4v) is 3.84. The first-order chi connectivity index (χ1) is 14.8. The van der Waals surface area contributed by atoms with Gasteiger partial charge in [0.2, 0.25) is 5.89 Å². The van der Waals surface area contributed by atoms with Crippen molar-refractivity contribution in [3.8, 4) is 11.5 Å². The number of carbonyl (C=O) groups excluding carboxylic acids is 1. The number of carbonyl (C=O) groups is 1. The molecule has 0 atom stereocenters. The molecule has 0 spiro atoms. The number of nitrogens with one attached hydrogen (secondary N) is 1. The van der Waals surface area contributed by atoms with E-state index >= 15 is 0 Å². The van der Waals surface area contributed by atoms with Crippen molar-refractivity contribution < 1.29 is 9.21 Å². The van der Waals surface area contributed by atoms with E-state index in [9.17, 15) is 4.79 Å². The molecular formula is C23H18N4O2S. The van der Waals surface area contributed by atoms with Crippen molar-refractivity contribution in [3.63, 3.8) is 0 Å². The third-order valence-corrected chi connectivity index (χ3v) is 5.56. The first-order valence-corrected chi connectivity index (χ1v) is 10.5. The van der Waals surface area contributed by atoms with Gasteiger partial charge in [0.05, 0.1) is 0 Å². The number of pyridine rings is 2. The number of nitrogens with zero attached hydrogens (tertiary/aromatic N) is 3. The Morgan fingerprint density at radius 2 is 1.77 bits per heavy atom. The fraction of sp³-hybridized carbons (Fsp3) is 0.130. The normalized spacial score (nSPS) is 13.2. The average molecular weight is 414 g/mol. The fourth-order valence-electron chi connectivity index (χ4n) is 3.07. The molecule has 6 nitrogen and oxygen atoms in total. The van der Waals surface area contributed by atoms with Gasteiger partial charge in [-0.25, -0.2) is 15.0 Å². The Labute approximate surface area is 177 Å². The summed E-state index contributed by atoms with van der Waals surface area (Å²) in [5.74, 6) is 1.14. The molecule has 1 aromatic carbocycles. The molecule has 1 N–H and O–H groups in total. The van der Waals surface area contributed by atoms with Crippen LogP contribution < -0.4 is 5.32 Å². The summed E-state index contributed by atoms with van der Waals surface area (Å²) in [7, 11) is 0. The maximum atomic E-state index is 13.0.